The highest BCUT2D eigenvalue weighted by atomic mass is 19.1. The third-order valence-corrected chi connectivity index (χ3v) is 4.95. The molecular weight excluding hydrogens is 341 g/mol. The fourth-order valence-corrected chi connectivity index (χ4v) is 3.50. The van der Waals surface area contributed by atoms with E-state index in [0.717, 1.165) is 40.6 Å². The van der Waals surface area contributed by atoms with Gasteiger partial charge in [-0.1, -0.05) is 30.3 Å². The van der Waals surface area contributed by atoms with Crippen LogP contribution in [0.5, 0.6) is 0 Å². The van der Waals surface area contributed by atoms with E-state index in [1.165, 1.54) is 12.1 Å². The fourth-order valence-electron chi connectivity index (χ4n) is 3.50. The number of nitrogens with zero attached hydrogens (tertiary/aromatic N) is 1. The average Bonchev–Trinajstić information content (AvgIpc) is 3.52. The molecule has 1 saturated carbocycles. The first-order valence-electron chi connectivity index (χ1n) is 9.31. The summed E-state index contributed by atoms with van der Waals surface area (Å²) in [5.41, 5.74) is 4.20. The van der Waals surface area contributed by atoms with Crippen LogP contribution in [0.4, 0.5) is 4.39 Å². The highest BCUT2D eigenvalue weighted by molar-refractivity contribution is 6.00. The second kappa shape index (κ2) is 7.03. The van der Waals surface area contributed by atoms with Crippen LogP contribution >= 0.6 is 0 Å². The third kappa shape index (κ3) is 3.27. The van der Waals surface area contributed by atoms with Crippen LogP contribution in [0.2, 0.25) is 0 Å². The van der Waals surface area contributed by atoms with Crippen molar-refractivity contribution < 1.29 is 14.2 Å². The number of hydrogen-bond acceptors (Lipinski definition) is 3. The van der Waals surface area contributed by atoms with Crippen molar-refractivity contribution in [2.75, 3.05) is 6.61 Å². The van der Waals surface area contributed by atoms with Gasteiger partial charge >= 0.3 is 0 Å². The van der Waals surface area contributed by atoms with E-state index in [2.05, 4.69) is 0 Å². The van der Waals surface area contributed by atoms with E-state index in [-0.39, 0.29) is 11.6 Å². The number of allylic oxidation sites excluding steroid dienone is 1. The van der Waals surface area contributed by atoms with Crippen LogP contribution in [0.1, 0.15) is 43.9 Å². The SMILES string of the molecule is CCO/C(C)=C(\O)c1c(C2CC2)nc2ccccc2c1-c1ccc(F)cc1. The monoisotopic (exact) mass is 363 g/mol. The lowest BCUT2D eigenvalue weighted by Crippen LogP contribution is -2.04. The Labute approximate surface area is 158 Å². The van der Waals surface area contributed by atoms with Crippen molar-refractivity contribution >= 4 is 16.7 Å². The number of rotatable bonds is 5. The van der Waals surface area contributed by atoms with Crippen molar-refractivity contribution in [2.24, 2.45) is 0 Å². The van der Waals surface area contributed by atoms with Gasteiger partial charge in [0.15, 0.2) is 5.76 Å². The van der Waals surface area contributed by atoms with Gasteiger partial charge in [-0.05, 0) is 50.5 Å². The zero-order chi connectivity index (χ0) is 19.0. The maximum atomic E-state index is 13.5. The van der Waals surface area contributed by atoms with E-state index in [0.29, 0.717) is 23.8 Å². The van der Waals surface area contributed by atoms with Crippen LogP contribution in [0.3, 0.4) is 0 Å². The molecule has 1 aromatic heterocycles. The molecule has 138 valence electrons. The molecule has 0 unspecified atom stereocenters. The van der Waals surface area contributed by atoms with E-state index in [4.69, 9.17) is 9.72 Å². The van der Waals surface area contributed by atoms with Gasteiger partial charge in [0.2, 0.25) is 0 Å². The molecule has 1 aliphatic carbocycles. The standard InChI is InChI=1S/C23H22FNO2/c1-3-27-14(2)23(26)21-20(15-10-12-17(24)13-11-15)18-6-4-5-7-19(18)25-22(21)16-8-9-16/h4-7,10-13,16,26H,3,8-9H2,1-2H3/b23-14-. The molecule has 0 spiro atoms. The molecule has 1 heterocycles. The van der Waals surface area contributed by atoms with Gasteiger partial charge in [-0.15, -0.1) is 0 Å². The Balaban J connectivity index is 2.09. The molecule has 0 bridgehead atoms. The van der Waals surface area contributed by atoms with E-state index in [1.54, 1.807) is 19.1 Å². The topological polar surface area (TPSA) is 42.4 Å². The molecule has 0 saturated heterocycles. The Hall–Kier alpha value is -2.88. The Morgan fingerprint density at radius 3 is 2.52 bits per heavy atom. The molecule has 1 N–H and O–H groups in total. The number of halogens is 1. The molecule has 3 aromatic rings. The van der Waals surface area contributed by atoms with Crippen LogP contribution in [0.15, 0.2) is 54.3 Å². The number of ether oxygens (including phenoxy) is 1. The minimum absolute atomic E-state index is 0.108. The van der Waals surface area contributed by atoms with E-state index in [1.807, 2.05) is 31.2 Å². The number of aliphatic hydroxyl groups is 1. The van der Waals surface area contributed by atoms with E-state index >= 15 is 0 Å². The first-order valence-corrected chi connectivity index (χ1v) is 9.31. The van der Waals surface area contributed by atoms with Crippen LogP contribution in [-0.2, 0) is 4.74 Å². The van der Waals surface area contributed by atoms with Crippen molar-refractivity contribution in [3.8, 4) is 11.1 Å². The number of aliphatic hydroxyl groups excluding tert-OH is 1. The summed E-state index contributed by atoms with van der Waals surface area (Å²) in [7, 11) is 0. The lowest BCUT2D eigenvalue weighted by molar-refractivity contribution is 0.224. The van der Waals surface area contributed by atoms with E-state index < -0.39 is 0 Å². The van der Waals surface area contributed by atoms with Gasteiger partial charge in [-0.25, -0.2) is 4.39 Å². The van der Waals surface area contributed by atoms with Crippen LogP contribution < -0.4 is 0 Å². The largest absolute Gasteiger partial charge is 0.504 e. The Morgan fingerprint density at radius 2 is 1.85 bits per heavy atom. The molecular formula is C23H22FNO2. The third-order valence-electron chi connectivity index (χ3n) is 4.95. The number of para-hydroxylation sites is 1. The summed E-state index contributed by atoms with van der Waals surface area (Å²) in [6, 6.07) is 14.3. The molecule has 1 aliphatic rings. The number of hydrogen-bond donors (Lipinski definition) is 1. The zero-order valence-electron chi connectivity index (χ0n) is 15.5. The van der Waals surface area contributed by atoms with Gasteiger partial charge in [0.25, 0.3) is 0 Å². The molecule has 4 heteroatoms. The van der Waals surface area contributed by atoms with Crippen LogP contribution in [0, 0.1) is 5.82 Å². The maximum Gasteiger partial charge on any atom is 0.162 e. The van der Waals surface area contributed by atoms with E-state index in [9.17, 15) is 9.50 Å². The van der Waals surface area contributed by atoms with Crippen molar-refractivity contribution in [2.45, 2.75) is 32.6 Å². The summed E-state index contributed by atoms with van der Waals surface area (Å²) in [6.07, 6.45) is 2.12. The maximum absolute atomic E-state index is 13.5. The number of aromatic nitrogens is 1. The molecule has 0 atom stereocenters. The first kappa shape index (κ1) is 17.5. The van der Waals surface area contributed by atoms with Gasteiger partial charge < -0.3 is 9.84 Å². The Morgan fingerprint density at radius 1 is 1.15 bits per heavy atom. The minimum Gasteiger partial charge on any atom is -0.504 e. The normalized spacial score (nSPS) is 14.9. The highest BCUT2D eigenvalue weighted by Crippen LogP contribution is 2.47. The number of pyridine rings is 1. The predicted molar refractivity (Wildman–Crippen MR) is 106 cm³/mol. The van der Waals surface area contributed by atoms with Gasteiger partial charge in [-0.2, -0.15) is 0 Å². The number of fused-ring (bicyclic) bond motifs is 1. The highest BCUT2D eigenvalue weighted by Gasteiger charge is 2.32. The summed E-state index contributed by atoms with van der Waals surface area (Å²) < 4.78 is 19.1. The summed E-state index contributed by atoms with van der Waals surface area (Å²) in [5.74, 6) is 0.628. The zero-order valence-corrected chi connectivity index (χ0v) is 15.5. The lowest BCUT2D eigenvalue weighted by atomic mass is 9.91. The average molecular weight is 363 g/mol. The molecule has 1 fully saturated rings. The van der Waals surface area contributed by atoms with Crippen molar-refractivity contribution in [1.82, 2.24) is 4.98 Å². The molecule has 3 nitrogen and oxygen atoms in total. The summed E-state index contributed by atoms with van der Waals surface area (Å²) in [4.78, 5) is 4.88. The minimum atomic E-state index is -0.286. The van der Waals surface area contributed by atoms with Crippen molar-refractivity contribution in [3.63, 3.8) is 0 Å². The second-order valence-corrected chi connectivity index (χ2v) is 6.88. The summed E-state index contributed by atoms with van der Waals surface area (Å²) in [5, 5.41) is 12.0. The molecule has 0 aliphatic heterocycles. The summed E-state index contributed by atoms with van der Waals surface area (Å²) >= 11 is 0. The van der Waals surface area contributed by atoms with Gasteiger partial charge in [0.1, 0.15) is 11.6 Å². The lowest BCUT2D eigenvalue weighted by Gasteiger charge is -2.18. The molecule has 27 heavy (non-hydrogen) atoms. The van der Waals surface area contributed by atoms with Crippen LogP contribution in [-0.4, -0.2) is 16.7 Å². The molecule has 0 radical (unpaired) electrons. The Kier molecular flexibility index (Phi) is 4.56. The van der Waals surface area contributed by atoms with Gasteiger partial charge in [0.05, 0.1) is 23.4 Å². The number of benzene rings is 2. The molecule has 2 aromatic carbocycles. The fraction of sp³-hybridized carbons (Fsp3) is 0.261. The van der Waals surface area contributed by atoms with Gasteiger partial charge in [-0.3, -0.25) is 4.98 Å². The first-order chi connectivity index (χ1) is 13.1. The molecule has 4 rings (SSSR count). The quantitative estimate of drug-likeness (QED) is 0.549. The Bertz CT molecular complexity index is 1020. The predicted octanol–water partition coefficient (Wildman–Crippen LogP) is 6.20. The van der Waals surface area contributed by atoms with Gasteiger partial charge in [0, 0.05) is 16.9 Å². The second-order valence-electron chi connectivity index (χ2n) is 6.88. The van der Waals surface area contributed by atoms with Crippen molar-refractivity contribution in [3.05, 3.63) is 71.4 Å². The molecule has 0 amide bonds. The smallest absolute Gasteiger partial charge is 0.162 e. The summed E-state index contributed by atoms with van der Waals surface area (Å²) in [6.45, 7) is 4.12. The van der Waals surface area contributed by atoms with Crippen molar-refractivity contribution in [1.29, 1.82) is 0 Å². The van der Waals surface area contributed by atoms with Crippen LogP contribution in [0.25, 0.3) is 27.8 Å².